The number of anilines is 5. The minimum absolute atomic E-state index is 0.192. The molecule has 5 aromatic rings. The number of aryl methyl sites for hydroxylation is 1. The number of hydrogen-bond acceptors (Lipinski definition) is 12. The Morgan fingerprint density at radius 3 is 2.45 bits per heavy atom. The SMILES string of the molecule is Cn1cc(-c2cc(Nc3ncc(Br)c(Nc4ccc5nccnc5c4P(C)(C)=O)n3)c(OC3CC3)cc2N2CCC(N3CCNCC3)CC2)cn1. The summed E-state index contributed by atoms with van der Waals surface area (Å²) in [5.41, 5.74) is 5.99. The van der Waals surface area contributed by atoms with Crippen LogP contribution in [-0.4, -0.2) is 99.4 Å². The Kier molecular flexibility index (Phi) is 9.43. The molecule has 1 saturated carbocycles. The zero-order valence-electron chi connectivity index (χ0n) is 29.1. The quantitative estimate of drug-likeness (QED) is 0.150. The Hall–Kier alpha value is -4.10. The lowest BCUT2D eigenvalue weighted by Crippen LogP contribution is -2.52. The van der Waals surface area contributed by atoms with Crippen molar-refractivity contribution < 1.29 is 9.30 Å². The molecule has 0 amide bonds. The average molecular weight is 773 g/mol. The summed E-state index contributed by atoms with van der Waals surface area (Å²) in [7, 11) is -0.823. The van der Waals surface area contributed by atoms with Crippen LogP contribution in [0.25, 0.3) is 22.2 Å². The molecular weight excluding hydrogens is 729 g/mol. The van der Waals surface area contributed by atoms with Crippen LogP contribution in [0.15, 0.2) is 59.7 Å². The highest BCUT2D eigenvalue weighted by atomic mass is 79.9. The van der Waals surface area contributed by atoms with Gasteiger partial charge in [0.25, 0.3) is 0 Å². The molecule has 13 nitrogen and oxygen atoms in total. The number of halogens is 1. The molecule has 2 aromatic carbocycles. The number of piperazine rings is 1. The van der Waals surface area contributed by atoms with Crippen LogP contribution in [0.5, 0.6) is 5.75 Å². The second-order valence-electron chi connectivity index (χ2n) is 14.0. The van der Waals surface area contributed by atoms with Crippen LogP contribution >= 0.6 is 23.1 Å². The summed E-state index contributed by atoms with van der Waals surface area (Å²) in [5, 5.41) is 15.5. The summed E-state index contributed by atoms with van der Waals surface area (Å²) in [5.74, 6) is 1.69. The first-order chi connectivity index (χ1) is 24.7. The van der Waals surface area contributed by atoms with Gasteiger partial charge < -0.3 is 30.2 Å². The fourth-order valence-electron chi connectivity index (χ4n) is 7.13. The van der Waals surface area contributed by atoms with Crippen molar-refractivity contribution in [2.75, 3.05) is 68.1 Å². The Balaban J connectivity index is 1.12. The van der Waals surface area contributed by atoms with E-state index < -0.39 is 7.14 Å². The Morgan fingerprint density at radius 1 is 0.941 bits per heavy atom. The number of ether oxygens (including phenoxy) is 1. The molecule has 8 rings (SSSR count). The van der Waals surface area contributed by atoms with E-state index >= 15 is 0 Å². The molecule has 0 atom stereocenters. The monoisotopic (exact) mass is 771 g/mol. The van der Waals surface area contributed by atoms with Crippen LogP contribution in [0.1, 0.15) is 25.7 Å². The van der Waals surface area contributed by atoms with Gasteiger partial charge in [0.05, 0.1) is 39.0 Å². The summed E-state index contributed by atoms with van der Waals surface area (Å²) >= 11 is 3.62. The number of benzene rings is 2. The smallest absolute Gasteiger partial charge is 0.229 e. The van der Waals surface area contributed by atoms with E-state index in [0.717, 1.165) is 93.2 Å². The maximum atomic E-state index is 13.6. The molecule has 0 unspecified atom stereocenters. The first-order valence-corrected chi connectivity index (χ1v) is 21.0. The zero-order chi connectivity index (χ0) is 35.1. The van der Waals surface area contributed by atoms with Crippen molar-refractivity contribution in [3.8, 4) is 16.9 Å². The highest BCUT2D eigenvalue weighted by molar-refractivity contribution is 9.10. The topological polar surface area (TPSA) is 138 Å². The Bertz CT molecular complexity index is 2100. The normalized spacial score (nSPS) is 17.5. The van der Waals surface area contributed by atoms with Crippen LogP contribution < -0.4 is 30.9 Å². The van der Waals surface area contributed by atoms with Gasteiger partial charge in [0.2, 0.25) is 5.95 Å². The molecule has 2 aliphatic heterocycles. The van der Waals surface area contributed by atoms with Gasteiger partial charge in [0.15, 0.2) is 0 Å². The van der Waals surface area contributed by atoms with Gasteiger partial charge in [-0.2, -0.15) is 10.1 Å². The zero-order valence-corrected chi connectivity index (χ0v) is 31.6. The molecule has 2 saturated heterocycles. The van der Waals surface area contributed by atoms with E-state index in [4.69, 9.17) is 9.72 Å². The molecule has 1 aliphatic carbocycles. The van der Waals surface area contributed by atoms with Gasteiger partial charge in [-0.3, -0.25) is 19.5 Å². The second-order valence-corrected chi connectivity index (χ2v) is 18.0. The molecule has 5 heterocycles. The molecular formula is C36H43BrN11O2P. The second kappa shape index (κ2) is 14.1. The molecule has 0 bridgehead atoms. The third-order valence-corrected chi connectivity index (χ3v) is 11.9. The fourth-order valence-corrected chi connectivity index (χ4v) is 8.82. The number of hydrogen-bond donors (Lipinski definition) is 3. The number of rotatable bonds is 10. The van der Waals surface area contributed by atoms with E-state index in [1.165, 1.54) is 0 Å². The Labute approximate surface area is 306 Å². The largest absolute Gasteiger partial charge is 0.488 e. The summed E-state index contributed by atoms with van der Waals surface area (Å²) in [6.07, 6.45) is 13.5. The summed E-state index contributed by atoms with van der Waals surface area (Å²) in [6, 6.07) is 8.70. The van der Waals surface area contributed by atoms with E-state index in [2.05, 4.69) is 80.1 Å². The molecule has 3 aromatic heterocycles. The maximum Gasteiger partial charge on any atom is 0.229 e. The van der Waals surface area contributed by atoms with Gasteiger partial charge in [-0.25, -0.2) is 4.98 Å². The van der Waals surface area contributed by atoms with Gasteiger partial charge in [0.1, 0.15) is 24.2 Å². The van der Waals surface area contributed by atoms with E-state index in [0.29, 0.717) is 44.3 Å². The van der Waals surface area contributed by atoms with Crippen molar-refractivity contribution in [1.29, 1.82) is 0 Å². The van der Waals surface area contributed by atoms with Crippen LogP contribution in [0.3, 0.4) is 0 Å². The number of fused-ring (bicyclic) bond motifs is 1. The van der Waals surface area contributed by atoms with Crippen LogP contribution in [0.2, 0.25) is 0 Å². The molecule has 3 N–H and O–H groups in total. The number of piperidine rings is 1. The minimum Gasteiger partial charge on any atom is -0.488 e. The third kappa shape index (κ3) is 7.46. The Morgan fingerprint density at radius 2 is 1.73 bits per heavy atom. The number of aromatic nitrogens is 6. The van der Waals surface area contributed by atoms with Crippen LogP contribution in [0, 0.1) is 0 Å². The van der Waals surface area contributed by atoms with Gasteiger partial charge in [0, 0.05) is 100 Å². The lowest BCUT2D eigenvalue weighted by atomic mass is 9.98. The van der Waals surface area contributed by atoms with Crippen molar-refractivity contribution in [1.82, 2.24) is 39.9 Å². The van der Waals surface area contributed by atoms with Crippen molar-refractivity contribution in [3.63, 3.8) is 0 Å². The lowest BCUT2D eigenvalue weighted by Gasteiger charge is -2.41. The van der Waals surface area contributed by atoms with Crippen molar-refractivity contribution in [3.05, 3.63) is 59.7 Å². The first-order valence-electron chi connectivity index (χ1n) is 17.6. The standard InChI is InChI=1S/C36H43BrN11O2P/c1-46-22-23(20-42-46)26-18-30(32(50-25-4-5-25)19-31(26)48-14-8-24(9-15-48)47-16-12-38-13-17-47)44-36-41-21-27(37)35(45-36)43-29-7-6-28-33(40-11-10-39-28)34(29)51(2,3)49/h6-7,10-11,18-22,24-25,38H,4-5,8-9,12-17H2,1-3H3,(H2,41,43,44,45). The van der Waals surface area contributed by atoms with Crippen LogP contribution in [-0.2, 0) is 11.6 Å². The fraction of sp³-hybridized carbons (Fsp3) is 0.417. The van der Waals surface area contributed by atoms with Crippen molar-refractivity contribution in [2.24, 2.45) is 7.05 Å². The van der Waals surface area contributed by atoms with Gasteiger partial charge in [-0.05, 0) is 73.1 Å². The highest BCUT2D eigenvalue weighted by Crippen LogP contribution is 2.44. The summed E-state index contributed by atoms with van der Waals surface area (Å²) in [6.45, 7) is 9.82. The molecule has 51 heavy (non-hydrogen) atoms. The van der Waals surface area contributed by atoms with Gasteiger partial charge >= 0.3 is 0 Å². The van der Waals surface area contributed by atoms with E-state index in [1.807, 2.05) is 30.1 Å². The minimum atomic E-state index is -2.77. The molecule has 0 spiro atoms. The average Bonchev–Trinajstić information content (AvgIpc) is 3.85. The molecule has 266 valence electrons. The van der Waals surface area contributed by atoms with E-state index in [9.17, 15) is 4.57 Å². The van der Waals surface area contributed by atoms with Gasteiger partial charge in [-0.15, -0.1) is 0 Å². The highest BCUT2D eigenvalue weighted by Gasteiger charge is 2.30. The number of nitrogens with zero attached hydrogens (tertiary/aromatic N) is 8. The van der Waals surface area contributed by atoms with Crippen molar-refractivity contribution >= 4 is 68.2 Å². The predicted molar refractivity (Wildman–Crippen MR) is 207 cm³/mol. The first kappa shape index (κ1) is 34.0. The van der Waals surface area contributed by atoms with Crippen LogP contribution in [0.4, 0.5) is 28.8 Å². The van der Waals surface area contributed by atoms with E-state index in [-0.39, 0.29) is 6.10 Å². The summed E-state index contributed by atoms with van der Waals surface area (Å²) in [4.78, 5) is 23.6. The molecule has 3 fully saturated rings. The van der Waals surface area contributed by atoms with Crippen molar-refractivity contribution in [2.45, 2.75) is 37.8 Å². The molecule has 15 heteroatoms. The number of nitrogens with one attached hydrogen (secondary N) is 3. The lowest BCUT2D eigenvalue weighted by molar-refractivity contribution is 0.150. The summed E-state index contributed by atoms with van der Waals surface area (Å²) < 4.78 is 22.6. The molecule has 0 radical (unpaired) electrons. The molecule has 3 aliphatic rings. The van der Waals surface area contributed by atoms with E-state index in [1.54, 1.807) is 31.9 Å². The third-order valence-electron chi connectivity index (χ3n) is 9.80. The predicted octanol–water partition coefficient (Wildman–Crippen LogP) is 5.73. The maximum absolute atomic E-state index is 13.6. The van der Waals surface area contributed by atoms with Gasteiger partial charge in [-0.1, -0.05) is 0 Å².